The van der Waals surface area contributed by atoms with Crippen LogP contribution in [0.3, 0.4) is 0 Å². The number of para-hydroxylation sites is 1. The van der Waals surface area contributed by atoms with Crippen molar-refractivity contribution in [2.45, 2.75) is 13.5 Å². The minimum absolute atomic E-state index is 0.289. The second-order valence-electron chi connectivity index (χ2n) is 8.30. The second kappa shape index (κ2) is 10.5. The van der Waals surface area contributed by atoms with Gasteiger partial charge in [-0.1, -0.05) is 41.4 Å². The monoisotopic (exact) mass is 482 g/mol. The summed E-state index contributed by atoms with van der Waals surface area (Å²) in [4.78, 5) is 31.0. The standard InChI is InChI=1S/C25H27ClN4O2S/c1-17-7-9-19(10-8-17)27-24(31)20-5-3-4-6-21(20)28-25(32)23-22(26)18(16-33-23)15-30-13-11-29(2)12-14-30/h3-10,16H,11-15H2,1-2H3,(H,27,31)(H,28,32). The van der Waals surface area contributed by atoms with Gasteiger partial charge < -0.3 is 15.5 Å². The van der Waals surface area contributed by atoms with E-state index in [4.69, 9.17) is 11.6 Å². The number of hydrogen-bond donors (Lipinski definition) is 2. The summed E-state index contributed by atoms with van der Waals surface area (Å²) < 4.78 is 0. The van der Waals surface area contributed by atoms with E-state index in [2.05, 4.69) is 27.5 Å². The Morgan fingerprint density at radius 2 is 1.67 bits per heavy atom. The van der Waals surface area contributed by atoms with Gasteiger partial charge in [-0.2, -0.15) is 0 Å². The van der Waals surface area contributed by atoms with E-state index in [1.165, 1.54) is 11.3 Å². The van der Waals surface area contributed by atoms with Gasteiger partial charge in [-0.25, -0.2) is 0 Å². The number of nitrogens with zero attached hydrogens (tertiary/aromatic N) is 2. The van der Waals surface area contributed by atoms with Gasteiger partial charge in [0.25, 0.3) is 11.8 Å². The van der Waals surface area contributed by atoms with Crippen LogP contribution < -0.4 is 10.6 Å². The van der Waals surface area contributed by atoms with Crippen molar-refractivity contribution in [1.82, 2.24) is 9.80 Å². The van der Waals surface area contributed by atoms with Gasteiger partial charge in [0, 0.05) is 38.4 Å². The molecule has 0 atom stereocenters. The summed E-state index contributed by atoms with van der Waals surface area (Å²) in [6.07, 6.45) is 0. The molecule has 172 valence electrons. The predicted octanol–water partition coefficient (Wildman–Crippen LogP) is 4.96. The number of benzene rings is 2. The van der Waals surface area contributed by atoms with Gasteiger partial charge in [-0.15, -0.1) is 11.3 Å². The van der Waals surface area contributed by atoms with Crippen LogP contribution in [-0.2, 0) is 6.54 Å². The second-order valence-corrected chi connectivity index (χ2v) is 9.56. The number of aryl methyl sites for hydroxylation is 1. The molecule has 4 rings (SSSR count). The topological polar surface area (TPSA) is 64.7 Å². The molecule has 0 saturated carbocycles. The lowest BCUT2D eigenvalue weighted by Gasteiger charge is -2.32. The van der Waals surface area contributed by atoms with Crippen LogP contribution in [0.5, 0.6) is 0 Å². The van der Waals surface area contributed by atoms with E-state index in [0.29, 0.717) is 26.8 Å². The molecule has 2 aromatic carbocycles. The molecule has 1 fully saturated rings. The van der Waals surface area contributed by atoms with Gasteiger partial charge in [0.05, 0.1) is 16.3 Å². The number of thiophene rings is 1. The molecule has 2 heterocycles. The van der Waals surface area contributed by atoms with Crippen molar-refractivity contribution in [1.29, 1.82) is 0 Å². The Bertz CT molecular complexity index is 1140. The molecule has 6 nitrogen and oxygen atoms in total. The first kappa shape index (κ1) is 23.4. The Hall–Kier alpha value is -2.71. The molecule has 33 heavy (non-hydrogen) atoms. The molecule has 0 radical (unpaired) electrons. The molecule has 1 aliphatic heterocycles. The minimum atomic E-state index is -0.315. The highest BCUT2D eigenvalue weighted by molar-refractivity contribution is 7.13. The van der Waals surface area contributed by atoms with Gasteiger partial charge in [0.2, 0.25) is 0 Å². The third-order valence-electron chi connectivity index (χ3n) is 5.73. The van der Waals surface area contributed by atoms with E-state index >= 15 is 0 Å². The highest BCUT2D eigenvalue weighted by Crippen LogP contribution is 2.30. The lowest BCUT2D eigenvalue weighted by atomic mass is 10.1. The highest BCUT2D eigenvalue weighted by atomic mass is 35.5. The number of piperazine rings is 1. The molecule has 0 bridgehead atoms. The van der Waals surface area contributed by atoms with Crippen LogP contribution in [0, 0.1) is 6.92 Å². The zero-order valence-electron chi connectivity index (χ0n) is 18.7. The number of nitrogens with one attached hydrogen (secondary N) is 2. The largest absolute Gasteiger partial charge is 0.322 e. The average Bonchev–Trinajstić information content (AvgIpc) is 3.17. The van der Waals surface area contributed by atoms with Crippen LogP contribution in [0.25, 0.3) is 0 Å². The summed E-state index contributed by atoms with van der Waals surface area (Å²) in [5, 5.41) is 8.19. The van der Waals surface area contributed by atoms with Crippen LogP contribution in [0.15, 0.2) is 53.9 Å². The molecule has 0 aliphatic carbocycles. The first-order chi connectivity index (χ1) is 15.9. The molecular formula is C25H27ClN4O2S. The zero-order valence-corrected chi connectivity index (χ0v) is 20.3. The van der Waals surface area contributed by atoms with E-state index < -0.39 is 0 Å². The third kappa shape index (κ3) is 5.81. The number of rotatable bonds is 6. The fraction of sp³-hybridized carbons (Fsp3) is 0.280. The Morgan fingerprint density at radius 3 is 2.39 bits per heavy atom. The van der Waals surface area contributed by atoms with Gasteiger partial charge in [-0.3, -0.25) is 14.5 Å². The van der Waals surface area contributed by atoms with E-state index in [-0.39, 0.29) is 11.8 Å². The van der Waals surface area contributed by atoms with Gasteiger partial charge in [0.15, 0.2) is 0 Å². The third-order valence-corrected chi connectivity index (χ3v) is 7.30. The fourth-order valence-corrected chi connectivity index (χ4v) is 4.93. The van der Waals surface area contributed by atoms with Crippen molar-refractivity contribution in [2.24, 2.45) is 0 Å². The number of carbonyl (C=O) groups excluding carboxylic acids is 2. The normalized spacial score (nSPS) is 14.8. The zero-order chi connectivity index (χ0) is 23.4. The Labute approximate surface area is 203 Å². The van der Waals surface area contributed by atoms with Gasteiger partial charge in [0.1, 0.15) is 4.88 Å². The molecule has 0 unspecified atom stereocenters. The molecule has 1 saturated heterocycles. The number of halogens is 1. The summed E-state index contributed by atoms with van der Waals surface area (Å²) in [5.41, 5.74) is 3.60. The van der Waals surface area contributed by atoms with Crippen LogP contribution in [0.2, 0.25) is 5.02 Å². The minimum Gasteiger partial charge on any atom is -0.322 e. The van der Waals surface area contributed by atoms with Gasteiger partial charge in [-0.05, 0) is 49.2 Å². The smallest absolute Gasteiger partial charge is 0.267 e. The van der Waals surface area contributed by atoms with Crippen molar-refractivity contribution in [3.63, 3.8) is 0 Å². The maximum Gasteiger partial charge on any atom is 0.267 e. The molecule has 2 amide bonds. The molecular weight excluding hydrogens is 456 g/mol. The van der Waals surface area contributed by atoms with Gasteiger partial charge >= 0.3 is 0 Å². The van der Waals surface area contributed by atoms with Crippen LogP contribution in [0.4, 0.5) is 11.4 Å². The lowest BCUT2D eigenvalue weighted by molar-refractivity contribution is 0.102. The fourth-order valence-electron chi connectivity index (χ4n) is 3.69. The summed E-state index contributed by atoms with van der Waals surface area (Å²) in [5.74, 6) is -0.604. The number of hydrogen-bond acceptors (Lipinski definition) is 5. The SMILES string of the molecule is Cc1ccc(NC(=O)c2ccccc2NC(=O)c2scc(CN3CCN(C)CC3)c2Cl)cc1. The first-order valence-electron chi connectivity index (χ1n) is 10.9. The van der Waals surface area contributed by atoms with Crippen molar-refractivity contribution >= 4 is 46.1 Å². The summed E-state index contributed by atoms with van der Waals surface area (Å²) in [6.45, 7) is 6.73. The average molecular weight is 483 g/mol. The summed E-state index contributed by atoms with van der Waals surface area (Å²) >= 11 is 7.92. The van der Waals surface area contributed by atoms with E-state index in [0.717, 1.165) is 43.9 Å². The van der Waals surface area contributed by atoms with Crippen LogP contribution in [0.1, 0.15) is 31.2 Å². The Kier molecular flexibility index (Phi) is 7.45. The van der Waals surface area contributed by atoms with Crippen molar-refractivity contribution in [3.8, 4) is 0 Å². The van der Waals surface area contributed by atoms with Crippen LogP contribution in [-0.4, -0.2) is 54.8 Å². The van der Waals surface area contributed by atoms with Crippen molar-refractivity contribution in [3.05, 3.63) is 80.5 Å². The molecule has 3 aromatic rings. The quantitative estimate of drug-likeness (QED) is 0.521. The Morgan fingerprint density at radius 1 is 0.970 bits per heavy atom. The van der Waals surface area contributed by atoms with Crippen molar-refractivity contribution in [2.75, 3.05) is 43.9 Å². The molecule has 1 aromatic heterocycles. The highest BCUT2D eigenvalue weighted by Gasteiger charge is 2.22. The summed E-state index contributed by atoms with van der Waals surface area (Å²) in [6, 6.07) is 14.5. The van der Waals surface area contributed by atoms with Crippen LogP contribution >= 0.6 is 22.9 Å². The lowest BCUT2D eigenvalue weighted by Crippen LogP contribution is -2.43. The Balaban J connectivity index is 1.45. The maximum atomic E-state index is 13.0. The molecule has 8 heteroatoms. The number of likely N-dealkylation sites (N-methyl/N-ethyl adjacent to an activating group) is 1. The van der Waals surface area contributed by atoms with E-state index in [9.17, 15) is 9.59 Å². The predicted molar refractivity (Wildman–Crippen MR) is 136 cm³/mol. The van der Waals surface area contributed by atoms with E-state index in [1.807, 2.05) is 36.6 Å². The van der Waals surface area contributed by atoms with E-state index in [1.54, 1.807) is 24.3 Å². The molecule has 1 aliphatic rings. The maximum absolute atomic E-state index is 13.0. The number of amides is 2. The number of carbonyl (C=O) groups is 2. The summed E-state index contributed by atoms with van der Waals surface area (Å²) in [7, 11) is 2.12. The molecule has 0 spiro atoms. The first-order valence-corrected chi connectivity index (χ1v) is 12.1. The number of anilines is 2. The van der Waals surface area contributed by atoms with Crippen molar-refractivity contribution < 1.29 is 9.59 Å². The molecule has 2 N–H and O–H groups in total.